The maximum atomic E-state index is 12.6. The molecular weight excluding hydrogens is 344 g/mol. The predicted molar refractivity (Wildman–Crippen MR) is 81.6 cm³/mol. The monoisotopic (exact) mass is 364 g/mol. The molecule has 1 saturated heterocycles. The summed E-state index contributed by atoms with van der Waals surface area (Å²) in [6.07, 6.45) is 2.99. The van der Waals surface area contributed by atoms with Gasteiger partial charge in [-0.15, -0.1) is 0 Å². The molecule has 0 spiro atoms. The number of imidazole rings is 1. The van der Waals surface area contributed by atoms with Crippen molar-refractivity contribution in [3.8, 4) is 0 Å². The minimum absolute atomic E-state index is 0.211. The number of H-pyrrole nitrogens is 1. The minimum Gasteiger partial charge on any atom is -0.332 e. The lowest BCUT2D eigenvalue weighted by atomic mass is 10.4. The third-order valence-electron chi connectivity index (χ3n) is 3.51. The zero-order valence-corrected chi connectivity index (χ0v) is 14.1. The molecule has 0 bridgehead atoms. The second-order valence-corrected chi connectivity index (χ2v) is 7.54. The Hall–Kier alpha value is -0.440. The summed E-state index contributed by atoms with van der Waals surface area (Å²) in [5.74, 6) is 0.708. The van der Waals surface area contributed by atoms with E-state index in [1.54, 1.807) is 4.31 Å². The quantitative estimate of drug-likeness (QED) is 0.793. The van der Waals surface area contributed by atoms with Crippen molar-refractivity contribution in [3.63, 3.8) is 0 Å². The average Bonchev–Trinajstić information content (AvgIpc) is 2.80. The summed E-state index contributed by atoms with van der Waals surface area (Å²) < 4.78 is 26.7. The first kappa shape index (κ1) is 15.9. The van der Waals surface area contributed by atoms with Gasteiger partial charge in [-0.2, -0.15) is 4.31 Å². The highest BCUT2D eigenvalue weighted by Gasteiger charge is 2.28. The van der Waals surface area contributed by atoms with E-state index in [9.17, 15) is 8.42 Å². The fraction of sp³-hybridized carbons (Fsp3) is 0.750. The molecule has 1 aromatic rings. The van der Waals surface area contributed by atoms with E-state index in [-0.39, 0.29) is 5.03 Å². The van der Waals surface area contributed by atoms with Crippen molar-refractivity contribution in [3.05, 3.63) is 12.0 Å². The molecule has 1 aromatic heterocycles. The van der Waals surface area contributed by atoms with Crippen molar-refractivity contribution in [1.29, 1.82) is 0 Å². The van der Waals surface area contributed by atoms with Crippen LogP contribution in [-0.2, 0) is 16.4 Å². The van der Waals surface area contributed by atoms with E-state index in [4.69, 9.17) is 0 Å². The number of nitrogens with zero attached hydrogens (tertiary/aromatic N) is 3. The summed E-state index contributed by atoms with van der Waals surface area (Å²) in [7, 11) is -3.44. The Morgan fingerprint density at radius 2 is 2.15 bits per heavy atom. The molecule has 20 heavy (non-hydrogen) atoms. The molecule has 0 aromatic carbocycles. The number of hydrogen-bond acceptors (Lipinski definition) is 4. The summed E-state index contributed by atoms with van der Waals surface area (Å²) >= 11 is 3.43. The largest absolute Gasteiger partial charge is 0.332 e. The number of aryl methyl sites for hydroxylation is 1. The summed E-state index contributed by atoms with van der Waals surface area (Å²) in [6, 6.07) is 0. The van der Waals surface area contributed by atoms with Crippen molar-refractivity contribution in [2.45, 2.75) is 24.8 Å². The maximum Gasteiger partial charge on any atom is 0.260 e. The van der Waals surface area contributed by atoms with Crippen molar-refractivity contribution in [1.82, 2.24) is 19.2 Å². The number of hydrogen-bond donors (Lipinski definition) is 1. The van der Waals surface area contributed by atoms with Crippen LogP contribution in [0.15, 0.2) is 11.2 Å². The Balaban J connectivity index is 2.09. The smallest absolute Gasteiger partial charge is 0.260 e. The third-order valence-corrected chi connectivity index (χ3v) is 5.67. The lowest BCUT2D eigenvalue weighted by Gasteiger charge is -2.20. The van der Waals surface area contributed by atoms with Crippen LogP contribution < -0.4 is 0 Å². The molecule has 2 heterocycles. The number of nitrogens with one attached hydrogen (secondary N) is 1. The first-order valence-electron chi connectivity index (χ1n) is 6.90. The van der Waals surface area contributed by atoms with Crippen LogP contribution in [0.4, 0.5) is 0 Å². The SMILES string of the molecule is CCc1ncc(S(=O)(=O)N2CCCN(CCBr)CC2)[nH]1. The molecule has 0 saturated carbocycles. The van der Waals surface area contributed by atoms with Gasteiger partial charge in [0.1, 0.15) is 5.82 Å². The van der Waals surface area contributed by atoms with Crippen LogP contribution in [-0.4, -0.2) is 65.6 Å². The van der Waals surface area contributed by atoms with Gasteiger partial charge in [-0.3, -0.25) is 0 Å². The average molecular weight is 365 g/mol. The number of sulfonamides is 1. The van der Waals surface area contributed by atoms with E-state index < -0.39 is 10.0 Å². The van der Waals surface area contributed by atoms with Gasteiger partial charge < -0.3 is 9.88 Å². The summed E-state index contributed by atoms with van der Waals surface area (Å²) in [5.41, 5.74) is 0. The first-order chi connectivity index (χ1) is 9.57. The fourth-order valence-corrected chi connectivity index (χ4v) is 4.23. The zero-order chi connectivity index (χ0) is 14.6. The van der Waals surface area contributed by atoms with Crippen molar-refractivity contribution >= 4 is 26.0 Å². The van der Waals surface area contributed by atoms with Gasteiger partial charge in [0.25, 0.3) is 10.0 Å². The van der Waals surface area contributed by atoms with Gasteiger partial charge in [0.15, 0.2) is 5.03 Å². The molecule has 1 aliphatic heterocycles. The number of aromatic nitrogens is 2. The van der Waals surface area contributed by atoms with E-state index in [0.717, 1.165) is 31.4 Å². The Bertz CT molecular complexity index is 531. The topological polar surface area (TPSA) is 69.3 Å². The van der Waals surface area contributed by atoms with Crippen LogP contribution in [0, 0.1) is 0 Å². The molecule has 1 aliphatic rings. The second-order valence-electron chi connectivity index (χ2n) is 4.84. The van der Waals surface area contributed by atoms with E-state index in [0.29, 0.717) is 25.3 Å². The van der Waals surface area contributed by atoms with Crippen LogP contribution in [0.5, 0.6) is 0 Å². The standard InChI is InChI=1S/C12H21BrN4O2S/c1-2-11-14-10-12(15-11)20(18,19)17-6-3-5-16(7-4-13)8-9-17/h10H,2-9H2,1H3,(H,14,15). The van der Waals surface area contributed by atoms with Crippen LogP contribution in [0.3, 0.4) is 0 Å². The summed E-state index contributed by atoms with van der Waals surface area (Å²) in [6.45, 7) is 5.73. The third kappa shape index (κ3) is 3.60. The Morgan fingerprint density at radius 1 is 1.35 bits per heavy atom. The van der Waals surface area contributed by atoms with Gasteiger partial charge in [0.2, 0.25) is 0 Å². The van der Waals surface area contributed by atoms with E-state index >= 15 is 0 Å². The first-order valence-corrected chi connectivity index (χ1v) is 9.46. The van der Waals surface area contributed by atoms with E-state index in [2.05, 4.69) is 30.8 Å². The van der Waals surface area contributed by atoms with Gasteiger partial charge in [-0.25, -0.2) is 13.4 Å². The van der Waals surface area contributed by atoms with Crippen molar-refractivity contribution in [2.24, 2.45) is 0 Å². The number of halogens is 1. The van der Waals surface area contributed by atoms with Gasteiger partial charge in [0.05, 0.1) is 6.20 Å². The summed E-state index contributed by atoms with van der Waals surface area (Å²) in [5, 5.41) is 1.13. The molecule has 114 valence electrons. The lowest BCUT2D eigenvalue weighted by molar-refractivity contribution is 0.305. The number of alkyl halides is 1. The molecule has 8 heteroatoms. The molecule has 0 aliphatic carbocycles. The lowest BCUT2D eigenvalue weighted by Crippen LogP contribution is -2.35. The number of aromatic amines is 1. The molecule has 0 atom stereocenters. The molecule has 0 unspecified atom stereocenters. The van der Waals surface area contributed by atoms with Crippen molar-refractivity contribution < 1.29 is 8.42 Å². The maximum absolute atomic E-state index is 12.6. The highest BCUT2D eigenvalue weighted by Crippen LogP contribution is 2.16. The Morgan fingerprint density at radius 3 is 2.80 bits per heavy atom. The van der Waals surface area contributed by atoms with Crippen molar-refractivity contribution in [2.75, 3.05) is 38.1 Å². The normalized spacial score (nSPS) is 19.1. The molecule has 1 N–H and O–H groups in total. The molecular formula is C12H21BrN4O2S. The second kappa shape index (κ2) is 7.02. The predicted octanol–water partition coefficient (Wildman–Crippen LogP) is 1.06. The summed E-state index contributed by atoms with van der Waals surface area (Å²) in [4.78, 5) is 9.27. The Kier molecular flexibility index (Phi) is 5.59. The van der Waals surface area contributed by atoms with Crippen LogP contribution in [0.1, 0.15) is 19.2 Å². The zero-order valence-electron chi connectivity index (χ0n) is 11.7. The molecule has 6 nitrogen and oxygen atoms in total. The molecule has 1 fully saturated rings. The number of rotatable bonds is 5. The highest BCUT2D eigenvalue weighted by atomic mass is 79.9. The van der Waals surface area contributed by atoms with Crippen LogP contribution in [0.25, 0.3) is 0 Å². The van der Waals surface area contributed by atoms with Crippen LogP contribution >= 0.6 is 15.9 Å². The molecule has 0 radical (unpaired) electrons. The van der Waals surface area contributed by atoms with E-state index in [1.807, 2.05) is 6.92 Å². The van der Waals surface area contributed by atoms with Gasteiger partial charge in [-0.05, 0) is 13.0 Å². The molecule has 0 amide bonds. The van der Waals surface area contributed by atoms with Gasteiger partial charge >= 0.3 is 0 Å². The van der Waals surface area contributed by atoms with Gasteiger partial charge in [-0.1, -0.05) is 22.9 Å². The highest BCUT2D eigenvalue weighted by molar-refractivity contribution is 9.09. The molecule has 2 rings (SSSR count). The minimum atomic E-state index is -3.44. The van der Waals surface area contributed by atoms with Gasteiger partial charge in [0, 0.05) is 37.9 Å². The van der Waals surface area contributed by atoms with Crippen LogP contribution in [0.2, 0.25) is 0 Å². The Labute approximate surface area is 128 Å². The fourth-order valence-electron chi connectivity index (χ4n) is 2.32. The van der Waals surface area contributed by atoms with E-state index in [1.165, 1.54) is 6.20 Å².